The molecule has 5 aliphatic rings. The number of allylic oxidation sites excluding steroid dienone is 8. The zero-order valence-electron chi connectivity index (χ0n) is 23.1. The van der Waals surface area contributed by atoms with Crippen molar-refractivity contribution in [3.63, 3.8) is 0 Å². The van der Waals surface area contributed by atoms with Crippen LogP contribution < -0.4 is 0 Å². The third-order valence-electron chi connectivity index (χ3n) is 10.4. The molecule has 0 nitrogen and oxygen atoms in total. The molecular weight excluding hydrogens is 546 g/mol. The monoisotopic (exact) mass is 594 g/mol. The summed E-state index contributed by atoms with van der Waals surface area (Å²) in [5.74, 6) is 3.38. The van der Waals surface area contributed by atoms with E-state index < -0.39 is 21.3 Å². The van der Waals surface area contributed by atoms with Gasteiger partial charge in [0.15, 0.2) is 0 Å². The summed E-state index contributed by atoms with van der Waals surface area (Å²) in [6.45, 7) is 15.5. The van der Waals surface area contributed by atoms with Crippen molar-refractivity contribution in [1.82, 2.24) is 0 Å². The van der Waals surface area contributed by atoms with Crippen LogP contribution in [0.4, 0.5) is 0 Å². The van der Waals surface area contributed by atoms with Crippen LogP contribution in [0.5, 0.6) is 0 Å². The number of halogens is 2. The molecule has 0 spiro atoms. The molecule has 6 unspecified atom stereocenters. The van der Waals surface area contributed by atoms with Crippen LogP contribution in [0.2, 0.25) is 7.25 Å². The molecule has 0 aromatic carbocycles. The zero-order valence-corrected chi connectivity index (χ0v) is 27.2. The van der Waals surface area contributed by atoms with Gasteiger partial charge < -0.3 is 0 Å². The van der Waals surface area contributed by atoms with Crippen LogP contribution in [0, 0.1) is 34.5 Å². The van der Waals surface area contributed by atoms with Crippen LogP contribution in [-0.2, 0) is 21.3 Å². The molecule has 196 valence electrons. The topological polar surface area (TPSA) is 0 Å². The number of hydrogen-bond donors (Lipinski definition) is 0. The Bertz CT molecular complexity index is 859. The Labute approximate surface area is 236 Å². The van der Waals surface area contributed by atoms with Gasteiger partial charge in [0.2, 0.25) is 0 Å². The minimum absolute atomic E-state index is 0. The molecule has 0 bridgehead atoms. The van der Waals surface area contributed by atoms with E-state index in [9.17, 15) is 0 Å². The van der Waals surface area contributed by atoms with Gasteiger partial charge in [-0.3, -0.25) is 0 Å². The van der Waals surface area contributed by atoms with Gasteiger partial charge in [0.25, 0.3) is 0 Å². The molecule has 0 saturated heterocycles. The van der Waals surface area contributed by atoms with Crippen molar-refractivity contribution in [2.24, 2.45) is 34.5 Å². The largest absolute Gasteiger partial charge is 0.147 e. The van der Waals surface area contributed by atoms with Gasteiger partial charge in [0, 0.05) is 0 Å². The Hall–Kier alpha value is 0.293. The van der Waals surface area contributed by atoms with Crippen LogP contribution in [0.15, 0.2) is 47.6 Å². The molecule has 0 radical (unpaired) electrons. The van der Waals surface area contributed by atoms with E-state index >= 15 is 0 Å². The summed E-state index contributed by atoms with van der Waals surface area (Å²) in [4.78, 5) is 0. The zero-order chi connectivity index (χ0) is 23.4. The maximum atomic E-state index is 2.66. The first-order valence-electron chi connectivity index (χ1n) is 14.2. The van der Waals surface area contributed by atoms with E-state index in [1.165, 1.54) is 57.8 Å². The normalized spacial score (nSPS) is 37.0. The Balaban J connectivity index is 0.00000171. The van der Waals surface area contributed by atoms with Crippen LogP contribution in [0.1, 0.15) is 99.3 Å². The number of fused-ring (bicyclic) bond motifs is 2. The standard InChI is InChI=1S/2C13H19.C6H10.2ClH.Zr/c2*1-10-8-11-6-4-5-7-13(2,3)12(11)9-10;1-2-4-6-5-3-1;;;/h2*4-6,8,10,12H,7,9H2,1-3H3;1-5H2;2*1H;. The first-order chi connectivity index (χ1) is 15.7. The van der Waals surface area contributed by atoms with Crippen molar-refractivity contribution in [2.45, 2.75) is 107 Å². The smallest absolute Gasteiger partial charge is 0.147 e. The minimum atomic E-state index is -1.97. The molecular formula is C32H50Cl2Zr. The SMILES string of the molecule is CC1CC2C(=CC=CCC2(C)C)[CH]1[Zr](=[C]1CCCCC1)[CH]1C2=CC=CCC(C)(C)C2CC1C.Cl.Cl. The molecule has 3 saturated carbocycles. The van der Waals surface area contributed by atoms with Crippen molar-refractivity contribution in [1.29, 1.82) is 0 Å². The summed E-state index contributed by atoms with van der Waals surface area (Å²) >= 11 is -1.97. The van der Waals surface area contributed by atoms with Gasteiger partial charge in [-0.05, 0) is 0 Å². The van der Waals surface area contributed by atoms with Crippen molar-refractivity contribution in [2.75, 3.05) is 0 Å². The van der Waals surface area contributed by atoms with E-state index in [4.69, 9.17) is 0 Å². The Morgan fingerprint density at radius 1 is 0.686 bits per heavy atom. The molecule has 0 N–H and O–H groups in total. The molecule has 0 heterocycles. The third kappa shape index (κ3) is 5.55. The van der Waals surface area contributed by atoms with Gasteiger partial charge in [0.1, 0.15) is 0 Å². The molecule has 0 aromatic rings. The maximum absolute atomic E-state index is 2.66. The predicted molar refractivity (Wildman–Crippen MR) is 156 cm³/mol. The second-order valence-corrected chi connectivity index (χ2v) is 20.7. The average Bonchev–Trinajstić information content (AvgIpc) is 3.18. The second-order valence-electron chi connectivity index (χ2n) is 13.7. The van der Waals surface area contributed by atoms with Crippen LogP contribution in [0.25, 0.3) is 0 Å². The van der Waals surface area contributed by atoms with Crippen molar-refractivity contribution in [3.8, 4) is 0 Å². The fourth-order valence-corrected chi connectivity index (χ4v) is 20.9. The van der Waals surface area contributed by atoms with E-state index in [-0.39, 0.29) is 24.8 Å². The first kappa shape index (κ1) is 29.8. The van der Waals surface area contributed by atoms with E-state index in [0.29, 0.717) is 10.8 Å². The van der Waals surface area contributed by atoms with Crippen molar-refractivity contribution in [3.05, 3.63) is 47.6 Å². The van der Waals surface area contributed by atoms with Crippen molar-refractivity contribution >= 4 is 28.0 Å². The van der Waals surface area contributed by atoms with E-state index in [0.717, 1.165) is 30.9 Å². The molecule has 5 aliphatic carbocycles. The molecule has 3 heteroatoms. The summed E-state index contributed by atoms with van der Waals surface area (Å²) in [5, 5.41) is 0. The van der Waals surface area contributed by atoms with E-state index in [1.807, 2.05) is 11.1 Å². The Morgan fingerprint density at radius 3 is 1.54 bits per heavy atom. The summed E-state index contributed by atoms with van der Waals surface area (Å²) in [6.07, 6.45) is 27.9. The minimum Gasteiger partial charge on any atom is -0.147 e. The molecule has 0 aliphatic heterocycles. The molecule has 6 atom stereocenters. The average molecular weight is 597 g/mol. The van der Waals surface area contributed by atoms with Gasteiger partial charge in [-0.2, -0.15) is 0 Å². The predicted octanol–water partition coefficient (Wildman–Crippen LogP) is 10.3. The fourth-order valence-electron chi connectivity index (χ4n) is 8.62. The van der Waals surface area contributed by atoms with E-state index in [1.54, 1.807) is 0 Å². The van der Waals surface area contributed by atoms with Gasteiger partial charge in [-0.1, -0.05) is 0 Å². The third-order valence-corrected chi connectivity index (χ3v) is 21.4. The quantitative estimate of drug-likeness (QED) is 0.298. The van der Waals surface area contributed by atoms with Crippen LogP contribution in [0.3, 0.4) is 0 Å². The Kier molecular flexibility index (Phi) is 9.87. The molecule has 0 aromatic heterocycles. The maximum Gasteiger partial charge on any atom is -0.147 e. The molecule has 0 amide bonds. The number of hydrogen-bond acceptors (Lipinski definition) is 0. The van der Waals surface area contributed by atoms with Gasteiger partial charge >= 0.3 is 213 Å². The summed E-state index contributed by atoms with van der Waals surface area (Å²) in [6, 6.07) is 0. The summed E-state index contributed by atoms with van der Waals surface area (Å²) in [7, 11) is 0. The second kappa shape index (κ2) is 11.6. The first-order valence-corrected chi connectivity index (χ1v) is 18.2. The van der Waals surface area contributed by atoms with Gasteiger partial charge in [0.05, 0.1) is 0 Å². The summed E-state index contributed by atoms with van der Waals surface area (Å²) in [5.41, 5.74) is 4.66. The molecule has 3 fully saturated rings. The molecule has 35 heavy (non-hydrogen) atoms. The van der Waals surface area contributed by atoms with E-state index in [2.05, 4.69) is 81.2 Å². The van der Waals surface area contributed by atoms with Crippen LogP contribution >= 0.6 is 24.8 Å². The fraction of sp³-hybridized carbons (Fsp3) is 0.719. The number of rotatable bonds is 2. The summed E-state index contributed by atoms with van der Waals surface area (Å²) < 4.78 is 4.03. The van der Waals surface area contributed by atoms with Gasteiger partial charge in [-0.15, -0.1) is 24.8 Å². The van der Waals surface area contributed by atoms with Crippen LogP contribution in [-0.4, -0.2) is 3.21 Å². The Morgan fingerprint density at radius 2 is 1.11 bits per heavy atom. The van der Waals surface area contributed by atoms with Gasteiger partial charge in [-0.25, -0.2) is 0 Å². The molecule has 5 rings (SSSR count). The van der Waals surface area contributed by atoms with Crippen molar-refractivity contribution < 1.29 is 21.3 Å².